The number of hydrogen-bond donors (Lipinski definition) is 2. The summed E-state index contributed by atoms with van der Waals surface area (Å²) in [6.45, 7) is 7.91. The Morgan fingerprint density at radius 2 is 1.52 bits per heavy atom. The number of thiocarbonyl (C=S) groups is 1. The Hall–Kier alpha value is -2.73. The third kappa shape index (κ3) is 7.39. The standard InChI is InChI=1S/C27H35N3O2S/c1-19(2)18-21-8-10-22(11-9-21)20(3)25(31)29-27(33)28-24-14-12-23(13-15-24)26(32)30-16-6-4-5-7-17-30/h8-15,19-20H,4-7,16-18H2,1-3H3,(H2,28,29,31,33). The topological polar surface area (TPSA) is 61.4 Å². The molecule has 5 nitrogen and oxygen atoms in total. The molecule has 33 heavy (non-hydrogen) atoms. The summed E-state index contributed by atoms with van der Waals surface area (Å²) in [6.07, 6.45) is 5.55. The first kappa shape index (κ1) is 24.9. The van der Waals surface area contributed by atoms with E-state index in [1.54, 1.807) is 12.1 Å². The van der Waals surface area contributed by atoms with Crippen molar-refractivity contribution in [3.05, 3.63) is 65.2 Å². The molecule has 1 unspecified atom stereocenters. The Morgan fingerprint density at radius 3 is 2.09 bits per heavy atom. The minimum atomic E-state index is -0.313. The highest BCUT2D eigenvalue weighted by Gasteiger charge is 2.18. The van der Waals surface area contributed by atoms with E-state index in [4.69, 9.17) is 12.2 Å². The van der Waals surface area contributed by atoms with Gasteiger partial charge >= 0.3 is 0 Å². The predicted octanol–water partition coefficient (Wildman–Crippen LogP) is 5.52. The molecule has 0 spiro atoms. The molecule has 2 aromatic carbocycles. The van der Waals surface area contributed by atoms with E-state index in [-0.39, 0.29) is 22.8 Å². The van der Waals surface area contributed by atoms with Crippen LogP contribution in [0.2, 0.25) is 0 Å². The van der Waals surface area contributed by atoms with Crippen LogP contribution in [0.4, 0.5) is 5.69 Å². The maximum Gasteiger partial charge on any atom is 0.253 e. The lowest BCUT2D eigenvalue weighted by atomic mass is 9.96. The predicted molar refractivity (Wildman–Crippen MR) is 139 cm³/mol. The normalized spacial score (nSPS) is 15.0. The molecular formula is C27H35N3O2S. The van der Waals surface area contributed by atoms with Crippen molar-refractivity contribution in [1.82, 2.24) is 10.2 Å². The summed E-state index contributed by atoms with van der Waals surface area (Å²) >= 11 is 5.33. The summed E-state index contributed by atoms with van der Waals surface area (Å²) in [4.78, 5) is 27.3. The summed E-state index contributed by atoms with van der Waals surface area (Å²) in [5.74, 6) is 0.206. The molecular weight excluding hydrogens is 430 g/mol. The molecule has 0 radical (unpaired) electrons. The number of nitrogens with zero attached hydrogens (tertiary/aromatic N) is 1. The maximum absolute atomic E-state index is 12.7. The molecule has 0 bridgehead atoms. The minimum absolute atomic E-state index is 0.0765. The van der Waals surface area contributed by atoms with Crippen LogP contribution in [-0.2, 0) is 11.2 Å². The van der Waals surface area contributed by atoms with Crippen LogP contribution in [0.15, 0.2) is 48.5 Å². The second kappa shape index (κ2) is 11.9. The van der Waals surface area contributed by atoms with Crippen molar-refractivity contribution >= 4 is 34.8 Å². The quantitative estimate of drug-likeness (QED) is 0.552. The Labute approximate surface area is 202 Å². The van der Waals surface area contributed by atoms with Crippen molar-refractivity contribution in [2.24, 2.45) is 5.92 Å². The third-order valence-corrected chi connectivity index (χ3v) is 6.24. The third-order valence-electron chi connectivity index (χ3n) is 6.04. The van der Waals surface area contributed by atoms with Gasteiger partial charge in [-0.15, -0.1) is 0 Å². The highest BCUT2D eigenvalue weighted by molar-refractivity contribution is 7.80. The van der Waals surface area contributed by atoms with Crippen LogP contribution in [0.1, 0.15) is 73.9 Å². The lowest BCUT2D eigenvalue weighted by Gasteiger charge is -2.20. The van der Waals surface area contributed by atoms with Crippen LogP contribution < -0.4 is 10.6 Å². The molecule has 176 valence electrons. The van der Waals surface area contributed by atoms with E-state index >= 15 is 0 Å². The van der Waals surface area contributed by atoms with Crippen molar-refractivity contribution in [3.63, 3.8) is 0 Å². The SMILES string of the molecule is CC(C)Cc1ccc(C(C)C(=O)NC(=S)Nc2ccc(C(=O)N3CCCCCC3)cc2)cc1. The molecule has 0 aromatic heterocycles. The van der Waals surface area contributed by atoms with E-state index in [2.05, 4.69) is 36.6 Å². The van der Waals surface area contributed by atoms with Gasteiger partial charge in [-0.1, -0.05) is 51.0 Å². The van der Waals surface area contributed by atoms with Gasteiger partial charge < -0.3 is 15.5 Å². The summed E-state index contributed by atoms with van der Waals surface area (Å²) < 4.78 is 0. The summed E-state index contributed by atoms with van der Waals surface area (Å²) in [5, 5.41) is 6.06. The number of carbonyl (C=O) groups is 2. The van der Waals surface area contributed by atoms with Gasteiger partial charge in [-0.2, -0.15) is 0 Å². The summed E-state index contributed by atoms with van der Waals surface area (Å²) in [7, 11) is 0. The number of amides is 2. The van der Waals surface area contributed by atoms with Gasteiger partial charge in [0.25, 0.3) is 5.91 Å². The van der Waals surface area contributed by atoms with Crippen LogP contribution in [0, 0.1) is 5.92 Å². The molecule has 0 aliphatic carbocycles. The Bertz CT molecular complexity index is 946. The maximum atomic E-state index is 12.7. The molecule has 1 saturated heterocycles. The van der Waals surface area contributed by atoms with Crippen molar-refractivity contribution < 1.29 is 9.59 Å². The van der Waals surface area contributed by atoms with Crippen molar-refractivity contribution in [3.8, 4) is 0 Å². The van der Waals surface area contributed by atoms with Crippen LogP contribution in [-0.4, -0.2) is 34.9 Å². The zero-order valence-electron chi connectivity index (χ0n) is 19.9. The van der Waals surface area contributed by atoms with Crippen molar-refractivity contribution in [2.45, 2.75) is 58.8 Å². The fraction of sp³-hybridized carbons (Fsp3) is 0.444. The van der Waals surface area contributed by atoms with Gasteiger partial charge in [0.15, 0.2) is 5.11 Å². The number of benzene rings is 2. The Balaban J connectivity index is 1.52. The second-order valence-electron chi connectivity index (χ2n) is 9.29. The highest BCUT2D eigenvalue weighted by Crippen LogP contribution is 2.19. The van der Waals surface area contributed by atoms with Crippen LogP contribution in [0.3, 0.4) is 0 Å². The zero-order valence-corrected chi connectivity index (χ0v) is 20.7. The summed E-state index contributed by atoms with van der Waals surface area (Å²) in [5.41, 5.74) is 3.64. The number of nitrogens with one attached hydrogen (secondary N) is 2. The number of likely N-dealkylation sites (tertiary alicyclic amines) is 1. The highest BCUT2D eigenvalue weighted by atomic mass is 32.1. The molecule has 1 aliphatic heterocycles. The second-order valence-corrected chi connectivity index (χ2v) is 9.70. The van der Waals surface area contributed by atoms with Gasteiger partial charge in [-0.25, -0.2) is 0 Å². The van der Waals surface area contributed by atoms with Gasteiger partial charge in [-0.05, 0) is 79.7 Å². The van der Waals surface area contributed by atoms with Crippen LogP contribution >= 0.6 is 12.2 Å². The first-order chi connectivity index (χ1) is 15.8. The minimum Gasteiger partial charge on any atom is -0.339 e. The van der Waals surface area contributed by atoms with E-state index in [0.717, 1.165) is 43.6 Å². The van der Waals surface area contributed by atoms with Crippen LogP contribution in [0.25, 0.3) is 0 Å². The van der Waals surface area contributed by atoms with Gasteiger partial charge in [0.1, 0.15) is 0 Å². The largest absolute Gasteiger partial charge is 0.339 e. The number of carbonyl (C=O) groups excluding carboxylic acids is 2. The fourth-order valence-corrected chi connectivity index (χ4v) is 4.32. The lowest BCUT2D eigenvalue weighted by molar-refractivity contribution is -0.120. The lowest BCUT2D eigenvalue weighted by Crippen LogP contribution is -2.36. The van der Waals surface area contributed by atoms with E-state index < -0.39 is 0 Å². The fourth-order valence-electron chi connectivity index (χ4n) is 4.10. The molecule has 1 fully saturated rings. The molecule has 2 N–H and O–H groups in total. The first-order valence-corrected chi connectivity index (χ1v) is 12.3. The molecule has 0 saturated carbocycles. The van der Waals surface area contributed by atoms with E-state index in [0.29, 0.717) is 11.5 Å². The number of anilines is 1. The average Bonchev–Trinajstić information content (AvgIpc) is 3.08. The molecule has 2 aromatic rings. The van der Waals surface area contributed by atoms with E-state index in [1.807, 2.05) is 36.1 Å². The Morgan fingerprint density at radius 1 is 0.909 bits per heavy atom. The molecule has 1 heterocycles. The monoisotopic (exact) mass is 465 g/mol. The van der Waals surface area contributed by atoms with Gasteiger partial charge in [0.2, 0.25) is 5.91 Å². The zero-order chi connectivity index (χ0) is 23.8. The van der Waals surface area contributed by atoms with E-state index in [1.165, 1.54) is 18.4 Å². The number of hydrogen-bond acceptors (Lipinski definition) is 3. The van der Waals surface area contributed by atoms with Gasteiger partial charge in [0.05, 0.1) is 5.92 Å². The molecule has 3 rings (SSSR count). The molecule has 1 aliphatic rings. The molecule has 2 amide bonds. The molecule has 1 atom stereocenters. The van der Waals surface area contributed by atoms with Crippen molar-refractivity contribution in [1.29, 1.82) is 0 Å². The first-order valence-electron chi connectivity index (χ1n) is 11.9. The van der Waals surface area contributed by atoms with Gasteiger partial charge in [0, 0.05) is 24.3 Å². The number of rotatable bonds is 6. The van der Waals surface area contributed by atoms with Crippen LogP contribution in [0.5, 0.6) is 0 Å². The smallest absolute Gasteiger partial charge is 0.253 e. The Kier molecular flexibility index (Phi) is 9.01. The van der Waals surface area contributed by atoms with E-state index in [9.17, 15) is 9.59 Å². The van der Waals surface area contributed by atoms with Crippen molar-refractivity contribution in [2.75, 3.05) is 18.4 Å². The average molecular weight is 466 g/mol. The summed E-state index contributed by atoms with van der Waals surface area (Å²) in [6, 6.07) is 15.5. The van der Waals surface area contributed by atoms with Gasteiger partial charge in [-0.3, -0.25) is 9.59 Å². The molecule has 6 heteroatoms.